The number of rotatable bonds is 7. The normalized spacial score (nSPS) is 15.9. The van der Waals surface area contributed by atoms with E-state index in [0.717, 1.165) is 55.9 Å². The molecule has 1 fully saturated rings. The lowest BCUT2D eigenvalue weighted by atomic mass is 10.1. The Kier molecular flexibility index (Phi) is 6.60. The van der Waals surface area contributed by atoms with Crippen molar-refractivity contribution in [3.63, 3.8) is 0 Å². The standard InChI is InChI=1S/C30H30ClN5/c31-25-10-11-26-27(12-14-32-28(26)20-25)33-30(36-15-13-24-8-4-5-9-29(24)36)22-35-18-16-34(17-19-35)21-23-6-2-1-3-7-23/h1-15,20,30H,16-19,21-22H2,(H,32,33). The summed E-state index contributed by atoms with van der Waals surface area (Å²) in [5.74, 6) is 0. The van der Waals surface area contributed by atoms with E-state index in [9.17, 15) is 0 Å². The second-order valence-corrected chi connectivity index (χ2v) is 9.96. The van der Waals surface area contributed by atoms with Crippen LogP contribution in [0.2, 0.25) is 5.02 Å². The third-order valence-electron chi connectivity index (χ3n) is 7.14. The number of hydrogen-bond donors (Lipinski definition) is 1. The number of halogens is 1. The Labute approximate surface area is 216 Å². The van der Waals surface area contributed by atoms with Crippen molar-refractivity contribution < 1.29 is 0 Å². The molecule has 5 nitrogen and oxygen atoms in total. The van der Waals surface area contributed by atoms with Crippen LogP contribution in [0.3, 0.4) is 0 Å². The van der Waals surface area contributed by atoms with Crippen LogP contribution in [-0.4, -0.2) is 52.1 Å². The topological polar surface area (TPSA) is 36.3 Å². The number of fused-ring (bicyclic) bond motifs is 2. The molecular weight excluding hydrogens is 466 g/mol. The SMILES string of the molecule is Clc1ccc2c(NC(CN3CCN(Cc4ccccc4)CC3)n3ccc4ccccc43)ccnc2c1. The maximum Gasteiger partial charge on any atom is 0.116 e. The summed E-state index contributed by atoms with van der Waals surface area (Å²) in [6.07, 6.45) is 4.13. The Morgan fingerprint density at radius 3 is 2.47 bits per heavy atom. The molecule has 1 aliphatic rings. The molecule has 1 N–H and O–H groups in total. The van der Waals surface area contributed by atoms with Crippen molar-refractivity contribution in [1.29, 1.82) is 0 Å². The highest BCUT2D eigenvalue weighted by Gasteiger charge is 2.22. The molecular formula is C30H30ClN5. The van der Waals surface area contributed by atoms with Gasteiger partial charge >= 0.3 is 0 Å². The molecule has 2 aromatic heterocycles. The highest BCUT2D eigenvalue weighted by Crippen LogP contribution is 2.29. The number of aromatic nitrogens is 2. The zero-order valence-electron chi connectivity index (χ0n) is 20.2. The molecule has 0 amide bonds. The Morgan fingerprint density at radius 1 is 0.833 bits per heavy atom. The van der Waals surface area contributed by atoms with Gasteiger partial charge in [-0.3, -0.25) is 14.8 Å². The van der Waals surface area contributed by atoms with E-state index < -0.39 is 0 Å². The van der Waals surface area contributed by atoms with E-state index in [-0.39, 0.29) is 6.17 Å². The Balaban J connectivity index is 1.24. The molecule has 3 aromatic carbocycles. The quantitative estimate of drug-likeness (QED) is 0.288. The van der Waals surface area contributed by atoms with Crippen molar-refractivity contribution in [2.75, 3.05) is 38.0 Å². The van der Waals surface area contributed by atoms with Crippen LogP contribution < -0.4 is 5.32 Å². The monoisotopic (exact) mass is 495 g/mol. The fraction of sp³-hybridized carbons (Fsp3) is 0.233. The molecule has 5 aromatic rings. The lowest BCUT2D eigenvalue weighted by Crippen LogP contribution is -2.48. The molecule has 6 rings (SSSR count). The summed E-state index contributed by atoms with van der Waals surface area (Å²) in [5, 5.41) is 6.89. The summed E-state index contributed by atoms with van der Waals surface area (Å²) >= 11 is 6.24. The van der Waals surface area contributed by atoms with Crippen LogP contribution in [0.15, 0.2) is 97.3 Å². The molecule has 36 heavy (non-hydrogen) atoms. The largest absolute Gasteiger partial charge is 0.363 e. The van der Waals surface area contributed by atoms with E-state index in [4.69, 9.17) is 11.6 Å². The number of anilines is 1. The van der Waals surface area contributed by atoms with Crippen LogP contribution in [-0.2, 0) is 6.54 Å². The Hall–Kier alpha value is -3.38. The predicted octanol–water partition coefficient (Wildman–Crippen LogP) is 6.27. The zero-order chi connectivity index (χ0) is 24.3. The molecule has 1 unspecified atom stereocenters. The van der Waals surface area contributed by atoms with Gasteiger partial charge in [-0.1, -0.05) is 60.1 Å². The van der Waals surface area contributed by atoms with E-state index in [1.165, 1.54) is 16.5 Å². The van der Waals surface area contributed by atoms with Crippen LogP contribution in [0.1, 0.15) is 11.7 Å². The van der Waals surface area contributed by atoms with Gasteiger partial charge in [0.15, 0.2) is 0 Å². The molecule has 0 spiro atoms. The second-order valence-electron chi connectivity index (χ2n) is 9.52. The van der Waals surface area contributed by atoms with Crippen molar-refractivity contribution >= 4 is 39.1 Å². The first-order chi connectivity index (χ1) is 17.7. The molecule has 0 aliphatic carbocycles. The fourth-order valence-electron chi connectivity index (χ4n) is 5.22. The third-order valence-corrected chi connectivity index (χ3v) is 7.37. The average Bonchev–Trinajstić information content (AvgIpc) is 3.34. The number of hydrogen-bond acceptors (Lipinski definition) is 4. The smallest absolute Gasteiger partial charge is 0.116 e. The number of nitrogens with one attached hydrogen (secondary N) is 1. The maximum atomic E-state index is 6.24. The van der Waals surface area contributed by atoms with Crippen LogP contribution in [0.5, 0.6) is 0 Å². The van der Waals surface area contributed by atoms with Crippen molar-refractivity contribution in [3.05, 3.63) is 108 Å². The van der Waals surface area contributed by atoms with Gasteiger partial charge in [0.25, 0.3) is 0 Å². The van der Waals surface area contributed by atoms with Gasteiger partial charge in [-0.15, -0.1) is 0 Å². The number of benzene rings is 3. The molecule has 182 valence electrons. The van der Waals surface area contributed by atoms with Gasteiger partial charge < -0.3 is 9.88 Å². The minimum atomic E-state index is 0.0758. The van der Waals surface area contributed by atoms with Crippen molar-refractivity contribution in [2.45, 2.75) is 12.7 Å². The van der Waals surface area contributed by atoms with Crippen LogP contribution in [0, 0.1) is 0 Å². The predicted molar refractivity (Wildman–Crippen MR) is 150 cm³/mol. The molecule has 1 aliphatic heterocycles. The van der Waals surface area contributed by atoms with Crippen molar-refractivity contribution in [3.8, 4) is 0 Å². The Bertz CT molecular complexity index is 1460. The number of para-hydroxylation sites is 1. The molecule has 0 saturated carbocycles. The summed E-state index contributed by atoms with van der Waals surface area (Å²) in [5.41, 5.74) is 4.59. The summed E-state index contributed by atoms with van der Waals surface area (Å²) < 4.78 is 2.37. The van der Waals surface area contributed by atoms with Crippen molar-refractivity contribution in [2.24, 2.45) is 0 Å². The van der Waals surface area contributed by atoms with E-state index in [1.807, 2.05) is 18.3 Å². The highest BCUT2D eigenvalue weighted by atomic mass is 35.5. The van der Waals surface area contributed by atoms with E-state index >= 15 is 0 Å². The lowest BCUT2D eigenvalue weighted by Gasteiger charge is -2.37. The molecule has 1 atom stereocenters. The van der Waals surface area contributed by atoms with Gasteiger partial charge in [0.2, 0.25) is 0 Å². The first-order valence-corrected chi connectivity index (χ1v) is 13.0. The average molecular weight is 496 g/mol. The maximum absolute atomic E-state index is 6.24. The van der Waals surface area contributed by atoms with E-state index in [0.29, 0.717) is 5.02 Å². The van der Waals surface area contributed by atoms with Gasteiger partial charge in [-0.05, 0) is 47.3 Å². The van der Waals surface area contributed by atoms with Crippen LogP contribution in [0.4, 0.5) is 5.69 Å². The molecule has 6 heteroatoms. The number of pyridine rings is 1. The lowest BCUT2D eigenvalue weighted by molar-refractivity contribution is 0.118. The van der Waals surface area contributed by atoms with Gasteiger partial charge in [-0.2, -0.15) is 0 Å². The number of piperazine rings is 1. The van der Waals surface area contributed by atoms with Gasteiger partial charge in [0.05, 0.1) is 5.52 Å². The van der Waals surface area contributed by atoms with Gasteiger partial charge in [0, 0.05) is 73.3 Å². The van der Waals surface area contributed by atoms with Crippen LogP contribution >= 0.6 is 11.6 Å². The zero-order valence-corrected chi connectivity index (χ0v) is 21.0. The minimum Gasteiger partial charge on any atom is -0.363 e. The molecule has 0 bridgehead atoms. The summed E-state index contributed by atoms with van der Waals surface area (Å²) in [6, 6.07) is 29.5. The summed E-state index contributed by atoms with van der Waals surface area (Å²) in [7, 11) is 0. The van der Waals surface area contributed by atoms with E-state index in [2.05, 4.69) is 104 Å². The van der Waals surface area contributed by atoms with Gasteiger partial charge in [-0.25, -0.2) is 0 Å². The summed E-state index contributed by atoms with van der Waals surface area (Å²) in [6.45, 7) is 6.18. The number of nitrogens with zero attached hydrogens (tertiary/aromatic N) is 4. The highest BCUT2D eigenvalue weighted by molar-refractivity contribution is 6.31. The van der Waals surface area contributed by atoms with Crippen LogP contribution in [0.25, 0.3) is 21.8 Å². The van der Waals surface area contributed by atoms with Gasteiger partial charge in [0.1, 0.15) is 6.17 Å². The first-order valence-electron chi connectivity index (χ1n) is 12.6. The summed E-state index contributed by atoms with van der Waals surface area (Å²) in [4.78, 5) is 9.67. The van der Waals surface area contributed by atoms with E-state index in [1.54, 1.807) is 0 Å². The molecule has 3 heterocycles. The third kappa shape index (κ3) is 4.96. The minimum absolute atomic E-state index is 0.0758. The fourth-order valence-corrected chi connectivity index (χ4v) is 5.39. The molecule has 0 radical (unpaired) electrons. The second kappa shape index (κ2) is 10.3. The first kappa shape index (κ1) is 23.0. The van der Waals surface area contributed by atoms with Crippen molar-refractivity contribution in [1.82, 2.24) is 19.4 Å². The Morgan fingerprint density at radius 2 is 1.61 bits per heavy atom. The molecule has 1 saturated heterocycles.